The third kappa shape index (κ3) is 10.4. The van der Waals surface area contributed by atoms with Crippen LogP contribution in [0.2, 0.25) is 0 Å². The normalized spacial score (nSPS) is 12.3. The lowest BCUT2D eigenvalue weighted by Gasteiger charge is -2.42. The Hall–Kier alpha value is -14.7. The van der Waals surface area contributed by atoms with Crippen molar-refractivity contribution in [3.8, 4) is 22.3 Å². The number of rotatable bonds is 15. The van der Waals surface area contributed by atoms with E-state index in [0.717, 1.165) is 157 Å². The van der Waals surface area contributed by atoms with Gasteiger partial charge in [-0.3, -0.25) is 0 Å². The van der Waals surface area contributed by atoms with Crippen molar-refractivity contribution in [1.29, 1.82) is 0 Å². The second-order valence-electron chi connectivity index (χ2n) is 29.0. The second kappa shape index (κ2) is 26.6. The first-order chi connectivity index (χ1) is 55.6. The van der Waals surface area contributed by atoms with Gasteiger partial charge in [0.1, 0.15) is 0 Å². The Morgan fingerprint density at radius 2 is 0.652 bits per heavy atom. The number of fused-ring (bicyclic) bond motifs is 13. The Bertz CT molecular complexity index is 6640. The van der Waals surface area contributed by atoms with E-state index in [-0.39, 0.29) is 6.85 Å². The Morgan fingerprint density at radius 3 is 1.13 bits per heavy atom. The van der Waals surface area contributed by atoms with Gasteiger partial charge in [0.25, 0.3) is 0 Å². The summed E-state index contributed by atoms with van der Waals surface area (Å²) >= 11 is 0. The summed E-state index contributed by atoms with van der Waals surface area (Å²) in [5.41, 5.74) is 32.6. The molecule has 2 aromatic heterocycles. The van der Waals surface area contributed by atoms with E-state index in [0.29, 0.717) is 0 Å². The maximum atomic E-state index is 4.33. The Labute approximate surface area is 651 Å². The molecule has 0 unspecified atom stereocenters. The van der Waals surface area contributed by atoms with Crippen molar-refractivity contribution in [2.45, 2.75) is 0 Å². The molecule has 0 spiro atoms. The molecular formula is C102H69B2N8. The number of nitrogens with one attached hydrogen (secondary N) is 1. The van der Waals surface area contributed by atoms with Crippen LogP contribution in [0.4, 0.5) is 102 Å². The van der Waals surface area contributed by atoms with Crippen molar-refractivity contribution in [3.63, 3.8) is 0 Å². The van der Waals surface area contributed by atoms with Crippen LogP contribution in [-0.2, 0) is 0 Å². The highest BCUT2D eigenvalue weighted by atomic mass is 15.2. The lowest BCUT2D eigenvalue weighted by molar-refractivity contribution is 1.22. The zero-order valence-corrected chi connectivity index (χ0v) is 61.0. The maximum Gasteiger partial charge on any atom is 0.333 e. The number of benzene rings is 17. The van der Waals surface area contributed by atoms with E-state index in [2.05, 4.69) is 459 Å². The van der Waals surface area contributed by atoms with Crippen LogP contribution in [0, 0.1) is 0 Å². The average Bonchev–Trinajstić information content (AvgIpc) is 1.46. The Balaban J connectivity index is 0.892. The van der Waals surface area contributed by atoms with E-state index in [1.54, 1.807) is 0 Å². The summed E-state index contributed by atoms with van der Waals surface area (Å²) in [7, 11) is 2.48. The van der Waals surface area contributed by atoms with E-state index >= 15 is 0 Å². The SMILES string of the molecule is [B]1c2ccc(N(c3ccccc3)c3ccccc3)cc2N(c2ccccc2)c2cc(N(c3ccccc3)c3ccccc3)cc(-c3c4[nH]c5ccccc5c4c4c5c3c3ccccc3n5B3c5ccc(N(c6ccccc6)c6ccccc6)cc5N(c5ccccc5)c5cc(N(c6ccccc6)c6ccccc6)cc-4c53)c21. The molecule has 3 aliphatic heterocycles. The molecule has 523 valence electrons. The average molecular weight is 1430 g/mol. The van der Waals surface area contributed by atoms with Gasteiger partial charge in [0, 0.05) is 152 Å². The summed E-state index contributed by atoms with van der Waals surface area (Å²) in [5.74, 6) is 0. The first-order valence-electron chi connectivity index (χ1n) is 38.4. The lowest BCUT2D eigenvalue weighted by atomic mass is 9.45. The first kappa shape index (κ1) is 64.4. The lowest BCUT2D eigenvalue weighted by Crippen LogP contribution is -2.56. The van der Waals surface area contributed by atoms with Crippen molar-refractivity contribution < 1.29 is 0 Å². The van der Waals surface area contributed by atoms with E-state index in [1.807, 2.05) is 0 Å². The topological polar surface area (TPSA) is 40.2 Å². The molecular weight excluding hydrogens is 1360 g/mol. The summed E-state index contributed by atoms with van der Waals surface area (Å²) < 4.78 is 2.76. The van der Waals surface area contributed by atoms with Crippen molar-refractivity contribution in [2.75, 3.05) is 29.4 Å². The van der Waals surface area contributed by atoms with Crippen molar-refractivity contribution in [1.82, 2.24) is 9.46 Å². The maximum absolute atomic E-state index is 4.33. The van der Waals surface area contributed by atoms with Gasteiger partial charge in [-0.15, -0.1) is 0 Å². The number of nitrogens with zero attached hydrogens (tertiary/aromatic N) is 7. The van der Waals surface area contributed by atoms with E-state index in [4.69, 9.17) is 0 Å². The summed E-state index contributed by atoms with van der Waals surface area (Å²) in [5, 5.41) is 4.63. The Kier molecular flexibility index (Phi) is 15.3. The van der Waals surface area contributed by atoms with Gasteiger partial charge in [0.15, 0.2) is 7.28 Å². The summed E-state index contributed by atoms with van der Waals surface area (Å²) in [6.07, 6.45) is 0. The number of aromatic amines is 1. The van der Waals surface area contributed by atoms with Crippen LogP contribution in [0.5, 0.6) is 0 Å². The van der Waals surface area contributed by atoms with E-state index in [1.165, 1.54) is 33.0 Å². The fourth-order valence-electron chi connectivity index (χ4n) is 18.2. The van der Waals surface area contributed by atoms with Gasteiger partial charge in [0.05, 0.1) is 5.52 Å². The minimum absolute atomic E-state index is 0.336. The van der Waals surface area contributed by atoms with Gasteiger partial charge in [-0.05, 0) is 210 Å². The molecule has 17 aromatic carbocycles. The van der Waals surface area contributed by atoms with Gasteiger partial charge in [0.2, 0.25) is 0 Å². The summed E-state index contributed by atoms with van der Waals surface area (Å²) in [6.45, 7) is -0.336. The molecule has 8 nitrogen and oxygen atoms in total. The van der Waals surface area contributed by atoms with Gasteiger partial charge in [-0.25, -0.2) is 0 Å². The number of anilines is 18. The predicted octanol–water partition coefficient (Wildman–Crippen LogP) is 24.8. The van der Waals surface area contributed by atoms with E-state index < -0.39 is 0 Å². The van der Waals surface area contributed by atoms with Crippen LogP contribution in [0.25, 0.3) is 65.9 Å². The fraction of sp³-hybridized carbons (Fsp3) is 0. The number of H-pyrrole nitrogens is 1. The van der Waals surface area contributed by atoms with Gasteiger partial charge < -0.3 is 38.9 Å². The number of hydrogen-bond acceptors (Lipinski definition) is 6. The van der Waals surface area contributed by atoms with Crippen LogP contribution < -0.4 is 51.3 Å². The zero-order chi connectivity index (χ0) is 73.7. The van der Waals surface area contributed by atoms with Gasteiger partial charge in [-0.2, -0.15) is 0 Å². The third-order valence-corrected chi connectivity index (χ3v) is 22.7. The molecule has 0 aliphatic carbocycles. The standard InChI is InChI=1S/C102H69B2N8/c1-11-35-69(36-12-1)106(70-37-13-2-14-38-70)79-59-61-87-91(65-79)110(77-51-27-9-28-52-77)93-67-81(108(73-43-19-5-20-44-73)74-45-21-6-22-46-74)63-85(99(93)103-87)96-97-84-56-32-34-58-90(84)112-102(97)98(95-83-55-31-33-57-89(83)105-101(95)96)86-64-82(109(75-47-23-7-24-48-75)76-49-25-8-26-50-76)68-94-100(86)104(112)88-62-60-80(66-92(88)111(94)78-53-29-10-30-54-78)107(71-39-15-3-16-40-71)72-41-17-4-18-42-72/h1-68,105H. The summed E-state index contributed by atoms with van der Waals surface area (Å²) in [6, 6.07) is 151. The smallest absolute Gasteiger partial charge is 0.333 e. The van der Waals surface area contributed by atoms with Crippen LogP contribution >= 0.6 is 0 Å². The molecule has 0 fully saturated rings. The summed E-state index contributed by atoms with van der Waals surface area (Å²) in [4.78, 5) is 19.1. The molecule has 0 bridgehead atoms. The number of hydrogen-bond donors (Lipinski definition) is 1. The molecule has 0 saturated heterocycles. The van der Waals surface area contributed by atoms with Crippen molar-refractivity contribution in [3.05, 3.63) is 413 Å². The highest BCUT2D eigenvalue weighted by molar-refractivity contribution is 6.90. The zero-order valence-electron chi connectivity index (χ0n) is 61.0. The molecule has 19 aromatic rings. The molecule has 0 atom stereocenters. The van der Waals surface area contributed by atoms with Gasteiger partial charge in [-0.1, -0.05) is 236 Å². The molecule has 10 heteroatoms. The van der Waals surface area contributed by atoms with E-state index in [9.17, 15) is 0 Å². The molecule has 0 saturated carbocycles. The van der Waals surface area contributed by atoms with Gasteiger partial charge >= 0.3 is 6.85 Å². The minimum atomic E-state index is -0.336. The molecule has 22 rings (SSSR count). The first-order valence-corrected chi connectivity index (χ1v) is 38.4. The van der Waals surface area contributed by atoms with Crippen LogP contribution in [0.15, 0.2) is 413 Å². The molecule has 112 heavy (non-hydrogen) atoms. The molecule has 5 heterocycles. The van der Waals surface area contributed by atoms with Crippen molar-refractivity contribution in [2.24, 2.45) is 0 Å². The largest absolute Gasteiger partial charge is 0.375 e. The molecule has 1 N–H and O–H groups in total. The molecule has 3 aliphatic rings. The number of para-hydroxylation sites is 12. The molecule has 0 amide bonds. The second-order valence-corrected chi connectivity index (χ2v) is 29.0. The van der Waals surface area contributed by atoms with Crippen LogP contribution in [0.1, 0.15) is 0 Å². The quantitative estimate of drug-likeness (QED) is 0.103. The predicted molar refractivity (Wildman–Crippen MR) is 473 cm³/mol. The monoisotopic (exact) mass is 1430 g/mol. The van der Waals surface area contributed by atoms with Crippen molar-refractivity contribution >= 4 is 182 Å². The molecule has 1 radical (unpaired) electrons. The fourth-order valence-corrected chi connectivity index (χ4v) is 18.2. The third-order valence-electron chi connectivity index (χ3n) is 22.7. The van der Waals surface area contributed by atoms with Crippen LogP contribution in [0.3, 0.4) is 0 Å². The Morgan fingerprint density at radius 1 is 0.277 bits per heavy atom. The number of aromatic nitrogens is 2. The highest BCUT2D eigenvalue weighted by Crippen LogP contribution is 2.57. The van der Waals surface area contributed by atoms with Crippen LogP contribution in [-0.4, -0.2) is 23.6 Å². The minimum Gasteiger partial charge on any atom is -0.375 e. The highest BCUT2D eigenvalue weighted by Gasteiger charge is 2.46.